The number of hydrogen-bond donors (Lipinski definition) is 2. The van der Waals surface area contributed by atoms with Crippen molar-refractivity contribution < 1.29 is 18.7 Å². The van der Waals surface area contributed by atoms with Gasteiger partial charge in [0.15, 0.2) is 5.82 Å². The van der Waals surface area contributed by atoms with Crippen LogP contribution in [0.1, 0.15) is 13.8 Å². The predicted molar refractivity (Wildman–Crippen MR) is 123 cm³/mol. The van der Waals surface area contributed by atoms with Gasteiger partial charge in [0.2, 0.25) is 5.91 Å². The quantitative estimate of drug-likeness (QED) is 0.563. The van der Waals surface area contributed by atoms with Crippen molar-refractivity contribution in [2.75, 3.05) is 18.0 Å². The number of aromatic hydroxyl groups is 1. The van der Waals surface area contributed by atoms with Crippen molar-refractivity contribution in [1.82, 2.24) is 14.9 Å². The molecule has 0 bridgehead atoms. The Morgan fingerprint density at radius 2 is 2.00 bits per heavy atom. The molecule has 0 radical (unpaired) electrons. The highest BCUT2D eigenvalue weighted by atomic mass is 35.5. The molecule has 33 heavy (non-hydrogen) atoms. The van der Waals surface area contributed by atoms with Crippen molar-refractivity contribution in [3.63, 3.8) is 0 Å². The summed E-state index contributed by atoms with van der Waals surface area (Å²) in [7, 11) is 0. The fourth-order valence-electron chi connectivity index (χ4n) is 4.26. The van der Waals surface area contributed by atoms with E-state index in [4.69, 9.17) is 11.6 Å². The molecule has 172 valence electrons. The van der Waals surface area contributed by atoms with Crippen LogP contribution in [0, 0.1) is 11.6 Å². The first-order valence-electron chi connectivity index (χ1n) is 10.2. The SMILES string of the molecule is C=CC(=O)N1C[C@H](C)N(c2nc(=O)[nH]c3c(F)c(-c4c(O)cccc4F)c(Cl)cc23)C[C@H]1C. The van der Waals surface area contributed by atoms with E-state index in [1.54, 1.807) is 4.90 Å². The van der Waals surface area contributed by atoms with Gasteiger partial charge in [-0.05, 0) is 38.1 Å². The number of phenolic OH excluding ortho intramolecular Hbond substituents is 1. The summed E-state index contributed by atoms with van der Waals surface area (Å²) in [4.78, 5) is 34.4. The number of carbonyl (C=O) groups is 1. The lowest BCUT2D eigenvalue weighted by Crippen LogP contribution is -2.58. The molecule has 10 heteroatoms. The van der Waals surface area contributed by atoms with E-state index in [0.29, 0.717) is 13.1 Å². The molecule has 1 fully saturated rings. The summed E-state index contributed by atoms with van der Waals surface area (Å²) < 4.78 is 30.1. The van der Waals surface area contributed by atoms with Crippen LogP contribution >= 0.6 is 11.6 Å². The predicted octanol–water partition coefficient (Wildman–Crippen LogP) is 3.84. The summed E-state index contributed by atoms with van der Waals surface area (Å²) in [5.74, 6) is -2.35. The molecule has 0 saturated carbocycles. The Balaban J connectivity index is 1.90. The van der Waals surface area contributed by atoms with Crippen LogP contribution in [-0.2, 0) is 4.79 Å². The topological polar surface area (TPSA) is 89.5 Å². The third-order valence-corrected chi connectivity index (χ3v) is 6.15. The molecule has 1 aliphatic rings. The Labute approximate surface area is 192 Å². The number of nitrogens with one attached hydrogen (secondary N) is 1. The zero-order chi connectivity index (χ0) is 24.0. The molecule has 2 N–H and O–H groups in total. The fourth-order valence-corrected chi connectivity index (χ4v) is 4.55. The number of rotatable bonds is 3. The summed E-state index contributed by atoms with van der Waals surface area (Å²) in [5, 5.41) is 10.2. The maximum absolute atomic E-state index is 15.6. The number of benzene rings is 2. The highest BCUT2D eigenvalue weighted by molar-refractivity contribution is 6.34. The number of carbonyl (C=O) groups excluding carboxylic acids is 1. The molecule has 1 aromatic heterocycles. The van der Waals surface area contributed by atoms with E-state index in [0.717, 1.165) is 6.07 Å². The summed E-state index contributed by atoms with van der Waals surface area (Å²) in [5.41, 5.74) is -1.78. The van der Waals surface area contributed by atoms with Crippen molar-refractivity contribution in [3.8, 4) is 16.9 Å². The largest absolute Gasteiger partial charge is 0.507 e. The molecule has 2 atom stereocenters. The van der Waals surface area contributed by atoms with Crippen LogP contribution in [0.25, 0.3) is 22.0 Å². The number of aromatic nitrogens is 2. The fraction of sp³-hybridized carbons (Fsp3) is 0.261. The molecule has 4 rings (SSSR count). The number of hydrogen-bond acceptors (Lipinski definition) is 5. The van der Waals surface area contributed by atoms with Gasteiger partial charge in [0.1, 0.15) is 17.4 Å². The van der Waals surface area contributed by atoms with Crippen LogP contribution in [-0.4, -0.2) is 51.1 Å². The van der Waals surface area contributed by atoms with E-state index in [1.165, 1.54) is 24.3 Å². The minimum atomic E-state index is -0.986. The molecular formula is C23H21ClF2N4O3. The van der Waals surface area contributed by atoms with Crippen molar-refractivity contribution >= 4 is 34.2 Å². The Kier molecular flexibility index (Phi) is 5.84. The molecule has 7 nitrogen and oxygen atoms in total. The van der Waals surface area contributed by atoms with Gasteiger partial charge >= 0.3 is 5.69 Å². The lowest BCUT2D eigenvalue weighted by atomic mass is 10.0. The molecular weight excluding hydrogens is 454 g/mol. The molecule has 0 unspecified atom stereocenters. The summed E-state index contributed by atoms with van der Waals surface area (Å²) in [6, 6.07) is 4.48. The van der Waals surface area contributed by atoms with Crippen molar-refractivity contribution in [1.29, 1.82) is 0 Å². The van der Waals surface area contributed by atoms with Gasteiger partial charge in [0.05, 0.1) is 16.1 Å². The normalized spacial score (nSPS) is 18.6. The van der Waals surface area contributed by atoms with E-state index in [9.17, 15) is 19.1 Å². The molecule has 1 amide bonds. The minimum Gasteiger partial charge on any atom is -0.507 e. The second kappa shape index (κ2) is 8.47. The zero-order valence-electron chi connectivity index (χ0n) is 17.9. The van der Waals surface area contributed by atoms with Crippen LogP contribution in [0.3, 0.4) is 0 Å². The van der Waals surface area contributed by atoms with Crippen LogP contribution in [0.4, 0.5) is 14.6 Å². The second-order valence-electron chi connectivity index (χ2n) is 8.01. The Bertz CT molecular complexity index is 1320. The van der Waals surface area contributed by atoms with E-state index in [2.05, 4.69) is 16.5 Å². The standard InChI is InChI=1S/C23H21ClF2N4O3/c1-4-17(32)29-9-12(3)30(10-11(29)2)22-13-8-14(24)18(19-15(25)6-5-7-16(19)31)20(26)21(13)27-23(33)28-22/h4-8,11-12,31H,1,9-10H2,2-3H3,(H,27,28,33)/t11-,12+/m1/s1. The number of halogens is 3. The van der Waals surface area contributed by atoms with Gasteiger partial charge in [-0.25, -0.2) is 13.6 Å². The number of H-pyrrole nitrogens is 1. The minimum absolute atomic E-state index is 0.156. The number of aromatic amines is 1. The van der Waals surface area contributed by atoms with E-state index in [1.807, 2.05) is 18.7 Å². The first-order chi connectivity index (χ1) is 15.6. The molecule has 0 spiro atoms. The number of fused-ring (bicyclic) bond motifs is 1. The molecule has 3 aromatic rings. The first kappa shape index (κ1) is 22.7. The Hall–Kier alpha value is -3.46. The van der Waals surface area contributed by atoms with Crippen LogP contribution in [0.2, 0.25) is 5.02 Å². The second-order valence-corrected chi connectivity index (χ2v) is 8.42. The zero-order valence-corrected chi connectivity index (χ0v) is 18.7. The number of piperazine rings is 1. The summed E-state index contributed by atoms with van der Waals surface area (Å²) in [6.07, 6.45) is 1.24. The van der Waals surface area contributed by atoms with Gasteiger partial charge in [-0.15, -0.1) is 0 Å². The van der Waals surface area contributed by atoms with Crippen molar-refractivity contribution in [2.45, 2.75) is 25.9 Å². The molecule has 2 heterocycles. The van der Waals surface area contributed by atoms with E-state index < -0.39 is 28.6 Å². The lowest BCUT2D eigenvalue weighted by Gasteiger charge is -2.44. The molecule has 1 aliphatic heterocycles. The summed E-state index contributed by atoms with van der Waals surface area (Å²) in [6.45, 7) is 7.91. The van der Waals surface area contributed by atoms with Crippen molar-refractivity contribution in [3.05, 3.63) is 64.1 Å². The molecule has 0 aliphatic carbocycles. The third-order valence-electron chi connectivity index (χ3n) is 5.86. The van der Waals surface area contributed by atoms with E-state index >= 15 is 4.39 Å². The Morgan fingerprint density at radius 1 is 1.27 bits per heavy atom. The van der Waals surface area contributed by atoms with Crippen LogP contribution < -0.4 is 10.6 Å². The number of phenols is 1. The first-order valence-corrected chi connectivity index (χ1v) is 10.6. The van der Waals surface area contributed by atoms with Gasteiger partial charge in [-0.1, -0.05) is 24.2 Å². The maximum Gasteiger partial charge on any atom is 0.347 e. The number of anilines is 1. The van der Waals surface area contributed by atoms with Crippen LogP contribution in [0.5, 0.6) is 5.75 Å². The number of amides is 1. The van der Waals surface area contributed by atoms with Gasteiger partial charge < -0.3 is 19.9 Å². The lowest BCUT2D eigenvalue weighted by molar-refractivity contribution is -0.128. The molecule has 1 saturated heterocycles. The number of nitrogens with zero attached hydrogens (tertiary/aromatic N) is 3. The van der Waals surface area contributed by atoms with Gasteiger partial charge in [-0.2, -0.15) is 4.98 Å². The monoisotopic (exact) mass is 474 g/mol. The highest BCUT2D eigenvalue weighted by Crippen LogP contribution is 2.42. The third kappa shape index (κ3) is 3.82. The highest BCUT2D eigenvalue weighted by Gasteiger charge is 2.33. The van der Waals surface area contributed by atoms with Gasteiger partial charge in [0, 0.05) is 36.1 Å². The molecule has 2 aromatic carbocycles. The average Bonchev–Trinajstić information content (AvgIpc) is 2.76. The Morgan fingerprint density at radius 3 is 2.67 bits per heavy atom. The maximum atomic E-state index is 15.6. The van der Waals surface area contributed by atoms with Crippen molar-refractivity contribution in [2.24, 2.45) is 0 Å². The average molecular weight is 475 g/mol. The van der Waals surface area contributed by atoms with Gasteiger partial charge in [-0.3, -0.25) is 4.79 Å². The van der Waals surface area contributed by atoms with Gasteiger partial charge in [0.25, 0.3) is 0 Å². The smallest absolute Gasteiger partial charge is 0.347 e. The summed E-state index contributed by atoms with van der Waals surface area (Å²) >= 11 is 6.37. The van der Waals surface area contributed by atoms with Crippen LogP contribution in [0.15, 0.2) is 41.7 Å². The van der Waals surface area contributed by atoms with E-state index in [-0.39, 0.29) is 45.3 Å².